The summed E-state index contributed by atoms with van der Waals surface area (Å²) in [5.74, 6) is 0.455. The van der Waals surface area contributed by atoms with E-state index in [2.05, 4.69) is 19.2 Å². The molecule has 2 fully saturated rings. The van der Waals surface area contributed by atoms with E-state index in [1.165, 1.54) is 5.56 Å². The van der Waals surface area contributed by atoms with Crippen LogP contribution in [0.1, 0.15) is 51.0 Å². The number of carbonyl (C=O) groups excluding carboxylic acids is 1. The predicted molar refractivity (Wildman–Crippen MR) is 104 cm³/mol. The smallest absolute Gasteiger partial charge is 0.321 e. The van der Waals surface area contributed by atoms with Gasteiger partial charge in [0, 0.05) is 31.9 Å². The van der Waals surface area contributed by atoms with Crippen molar-refractivity contribution in [3.05, 3.63) is 29.8 Å². The predicted octanol–water partition coefficient (Wildman–Crippen LogP) is 3.23. The Morgan fingerprint density at radius 2 is 1.62 bits per heavy atom. The van der Waals surface area contributed by atoms with Gasteiger partial charge in [-0.25, -0.2) is 17.5 Å². The molecule has 144 valence electrons. The number of hydrogen-bond donors (Lipinski definition) is 1. The van der Waals surface area contributed by atoms with Crippen molar-refractivity contribution in [1.29, 1.82) is 0 Å². The van der Waals surface area contributed by atoms with Crippen LogP contribution in [0.4, 0.5) is 10.5 Å². The van der Waals surface area contributed by atoms with E-state index in [9.17, 15) is 13.2 Å². The lowest BCUT2D eigenvalue weighted by molar-refractivity contribution is 0.199. The molecule has 2 saturated heterocycles. The Morgan fingerprint density at radius 3 is 2.15 bits per heavy atom. The standard InChI is InChI=1S/C19H29N3O3S/c1-15(2)16-5-7-17(8-6-16)20-19(23)21-13-9-18(10-14-21)26(24,25)22-11-3-4-12-22/h5-8,15,18H,3-4,9-14H2,1-2H3,(H,20,23). The van der Waals surface area contributed by atoms with Crippen LogP contribution in [-0.4, -0.2) is 55.1 Å². The highest BCUT2D eigenvalue weighted by atomic mass is 32.2. The molecule has 0 atom stereocenters. The zero-order valence-corrected chi connectivity index (χ0v) is 16.5. The molecule has 1 aromatic rings. The van der Waals surface area contributed by atoms with Gasteiger partial charge in [-0.2, -0.15) is 0 Å². The molecule has 0 bridgehead atoms. The first-order valence-corrected chi connectivity index (χ1v) is 11.0. The topological polar surface area (TPSA) is 69.7 Å². The largest absolute Gasteiger partial charge is 0.324 e. The molecular formula is C19H29N3O3S. The summed E-state index contributed by atoms with van der Waals surface area (Å²) >= 11 is 0. The van der Waals surface area contributed by atoms with Crippen molar-refractivity contribution in [3.8, 4) is 0 Å². The van der Waals surface area contributed by atoms with Crippen molar-refractivity contribution in [1.82, 2.24) is 9.21 Å². The molecule has 0 radical (unpaired) electrons. The normalized spacial score (nSPS) is 19.9. The van der Waals surface area contributed by atoms with Crippen LogP contribution in [0.25, 0.3) is 0 Å². The molecule has 2 aliphatic heterocycles. The number of carbonyl (C=O) groups is 1. The van der Waals surface area contributed by atoms with Crippen LogP contribution in [0.2, 0.25) is 0 Å². The lowest BCUT2D eigenvalue weighted by Crippen LogP contribution is -2.47. The van der Waals surface area contributed by atoms with E-state index in [1.807, 2.05) is 24.3 Å². The molecule has 0 spiro atoms. The lowest BCUT2D eigenvalue weighted by Gasteiger charge is -2.33. The van der Waals surface area contributed by atoms with Gasteiger partial charge < -0.3 is 10.2 Å². The van der Waals surface area contributed by atoms with Crippen LogP contribution < -0.4 is 5.32 Å². The van der Waals surface area contributed by atoms with E-state index < -0.39 is 10.0 Å². The van der Waals surface area contributed by atoms with Crippen molar-refractivity contribution < 1.29 is 13.2 Å². The Bertz CT molecular complexity index is 717. The Hall–Kier alpha value is -1.60. The fourth-order valence-electron chi connectivity index (χ4n) is 3.66. The van der Waals surface area contributed by atoms with Crippen molar-refractivity contribution in [3.63, 3.8) is 0 Å². The monoisotopic (exact) mass is 379 g/mol. The second-order valence-electron chi connectivity index (χ2n) is 7.54. The molecule has 0 saturated carbocycles. The average molecular weight is 380 g/mol. The van der Waals surface area contributed by atoms with Crippen LogP contribution in [0.5, 0.6) is 0 Å². The number of rotatable bonds is 4. The molecule has 3 rings (SSSR count). The Morgan fingerprint density at radius 1 is 1.04 bits per heavy atom. The summed E-state index contributed by atoms with van der Waals surface area (Å²) in [6.07, 6.45) is 2.93. The fourth-order valence-corrected chi connectivity index (χ4v) is 5.66. The summed E-state index contributed by atoms with van der Waals surface area (Å²) in [7, 11) is -3.21. The second kappa shape index (κ2) is 7.96. The van der Waals surface area contributed by atoms with Crippen LogP contribution in [-0.2, 0) is 10.0 Å². The molecule has 6 nitrogen and oxygen atoms in total. The number of benzene rings is 1. The molecule has 0 aromatic heterocycles. The molecule has 7 heteroatoms. The first-order chi connectivity index (χ1) is 12.4. The summed E-state index contributed by atoms with van der Waals surface area (Å²) < 4.78 is 26.9. The van der Waals surface area contributed by atoms with E-state index in [1.54, 1.807) is 9.21 Å². The highest BCUT2D eigenvalue weighted by Crippen LogP contribution is 2.25. The highest BCUT2D eigenvalue weighted by molar-refractivity contribution is 7.89. The number of piperidine rings is 1. The zero-order valence-electron chi connectivity index (χ0n) is 15.6. The van der Waals surface area contributed by atoms with Gasteiger partial charge in [0.1, 0.15) is 0 Å². The van der Waals surface area contributed by atoms with Gasteiger partial charge in [0.2, 0.25) is 10.0 Å². The molecule has 2 amide bonds. The van der Waals surface area contributed by atoms with Crippen LogP contribution >= 0.6 is 0 Å². The van der Waals surface area contributed by atoms with Crippen molar-refractivity contribution in [2.45, 2.75) is 50.7 Å². The summed E-state index contributed by atoms with van der Waals surface area (Å²) in [5, 5.41) is 2.56. The lowest BCUT2D eigenvalue weighted by atomic mass is 10.0. The minimum Gasteiger partial charge on any atom is -0.324 e. The average Bonchev–Trinajstić information content (AvgIpc) is 3.18. The van der Waals surface area contributed by atoms with Gasteiger partial charge in [0.15, 0.2) is 0 Å². The van der Waals surface area contributed by atoms with Crippen molar-refractivity contribution >= 4 is 21.7 Å². The number of anilines is 1. The first-order valence-electron chi connectivity index (χ1n) is 9.53. The number of sulfonamides is 1. The fraction of sp³-hybridized carbons (Fsp3) is 0.632. The number of nitrogens with zero attached hydrogens (tertiary/aromatic N) is 2. The Kier molecular flexibility index (Phi) is 5.87. The van der Waals surface area contributed by atoms with Gasteiger partial charge in [-0.15, -0.1) is 0 Å². The quantitative estimate of drug-likeness (QED) is 0.873. The van der Waals surface area contributed by atoms with Gasteiger partial charge in [0.25, 0.3) is 0 Å². The van der Waals surface area contributed by atoms with E-state index in [0.717, 1.165) is 18.5 Å². The maximum atomic E-state index is 12.6. The number of likely N-dealkylation sites (tertiary alicyclic amines) is 1. The molecular weight excluding hydrogens is 350 g/mol. The molecule has 0 aliphatic carbocycles. The van der Waals surface area contributed by atoms with Crippen LogP contribution in [0.3, 0.4) is 0 Å². The Balaban J connectivity index is 1.53. The van der Waals surface area contributed by atoms with Gasteiger partial charge in [-0.1, -0.05) is 26.0 Å². The maximum absolute atomic E-state index is 12.6. The molecule has 2 heterocycles. The third kappa shape index (κ3) is 4.20. The third-order valence-corrected chi connectivity index (χ3v) is 7.80. The highest BCUT2D eigenvalue weighted by Gasteiger charge is 2.36. The Labute approximate surface area is 156 Å². The number of hydrogen-bond acceptors (Lipinski definition) is 3. The van der Waals surface area contributed by atoms with E-state index >= 15 is 0 Å². The molecule has 1 N–H and O–H groups in total. The van der Waals surface area contributed by atoms with Gasteiger partial charge >= 0.3 is 6.03 Å². The minimum atomic E-state index is -3.21. The number of amides is 2. The van der Waals surface area contributed by atoms with Crippen LogP contribution in [0, 0.1) is 0 Å². The molecule has 0 unspecified atom stereocenters. The summed E-state index contributed by atoms with van der Waals surface area (Å²) in [6, 6.07) is 7.72. The van der Waals surface area contributed by atoms with E-state index in [4.69, 9.17) is 0 Å². The molecule has 26 heavy (non-hydrogen) atoms. The first kappa shape index (κ1) is 19.2. The van der Waals surface area contributed by atoms with Gasteiger partial charge in [0.05, 0.1) is 5.25 Å². The van der Waals surface area contributed by atoms with E-state index in [0.29, 0.717) is 44.9 Å². The third-order valence-electron chi connectivity index (χ3n) is 5.40. The zero-order chi connectivity index (χ0) is 18.7. The van der Waals surface area contributed by atoms with Gasteiger partial charge in [-0.05, 0) is 49.3 Å². The second-order valence-corrected chi connectivity index (χ2v) is 9.76. The summed E-state index contributed by atoms with van der Waals surface area (Å²) in [6.45, 7) is 6.52. The van der Waals surface area contributed by atoms with Crippen molar-refractivity contribution in [2.24, 2.45) is 0 Å². The SMILES string of the molecule is CC(C)c1ccc(NC(=O)N2CCC(S(=O)(=O)N3CCCC3)CC2)cc1. The minimum absolute atomic E-state index is 0.153. The van der Waals surface area contributed by atoms with Crippen molar-refractivity contribution in [2.75, 3.05) is 31.5 Å². The maximum Gasteiger partial charge on any atom is 0.321 e. The van der Waals surface area contributed by atoms with Crippen LogP contribution in [0.15, 0.2) is 24.3 Å². The number of urea groups is 1. The summed E-state index contributed by atoms with van der Waals surface area (Å²) in [5.41, 5.74) is 2.00. The molecule has 2 aliphatic rings. The molecule has 1 aromatic carbocycles. The summed E-state index contributed by atoms with van der Waals surface area (Å²) in [4.78, 5) is 14.2. The van der Waals surface area contributed by atoms with Gasteiger partial charge in [-0.3, -0.25) is 0 Å². The number of nitrogens with one attached hydrogen (secondary N) is 1. The van der Waals surface area contributed by atoms with E-state index in [-0.39, 0.29) is 11.3 Å².